The summed E-state index contributed by atoms with van der Waals surface area (Å²) in [6.07, 6.45) is 4.34. The summed E-state index contributed by atoms with van der Waals surface area (Å²) >= 11 is 0. The van der Waals surface area contributed by atoms with E-state index in [-0.39, 0.29) is 11.8 Å². The Hall–Kier alpha value is -1.16. The zero-order chi connectivity index (χ0) is 12.7. The van der Waals surface area contributed by atoms with Gasteiger partial charge in [-0.1, -0.05) is 38.3 Å². The SMILES string of the molecule is CCCCCC(N)c1ccc(OC(F)F)cc1. The average Bonchev–Trinajstić information content (AvgIpc) is 2.29. The average molecular weight is 243 g/mol. The molecule has 0 bridgehead atoms. The van der Waals surface area contributed by atoms with Gasteiger partial charge in [-0.3, -0.25) is 0 Å². The maximum absolute atomic E-state index is 11.9. The number of ether oxygens (including phenoxy) is 1. The van der Waals surface area contributed by atoms with Crippen molar-refractivity contribution in [3.63, 3.8) is 0 Å². The zero-order valence-corrected chi connectivity index (χ0v) is 10.0. The maximum Gasteiger partial charge on any atom is 0.387 e. The molecule has 2 N–H and O–H groups in total. The Balaban J connectivity index is 2.48. The molecule has 0 aliphatic carbocycles. The molecule has 0 radical (unpaired) electrons. The quantitative estimate of drug-likeness (QED) is 0.738. The number of benzene rings is 1. The monoisotopic (exact) mass is 243 g/mol. The van der Waals surface area contributed by atoms with Crippen molar-refractivity contribution in [1.29, 1.82) is 0 Å². The molecule has 0 saturated carbocycles. The van der Waals surface area contributed by atoms with Gasteiger partial charge in [0.25, 0.3) is 0 Å². The Bertz CT molecular complexity index is 314. The van der Waals surface area contributed by atoms with E-state index in [1.54, 1.807) is 12.1 Å². The van der Waals surface area contributed by atoms with Gasteiger partial charge in [-0.15, -0.1) is 0 Å². The van der Waals surface area contributed by atoms with Crippen LogP contribution < -0.4 is 10.5 Å². The molecule has 1 unspecified atom stereocenters. The van der Waals surface area contributed by atoms with E-state index in [4.69, 9.17) is 5.73 Å². The summed E-state index contributed by atoms with van der Waals surface area (Å²) in [5.74, 6) is 0.171. The lowest BCUT2D eigenvalue weighted by Crippen LogP contribution is -2.10. The maximum atomic E-state index is 11.9. The molecule has 1 aromatic rings. The highest BCUT2D eigenvalue weighted by Crippen LogP contribution is 2.21. The third kappa shape index (κ3) is 5.13. The van der Waals surface area contributed by atoms with Gasteiger partial charge in [0.05, 0.1) is 0 Å². The first kappa shape index (κ1) is 13.9. The molecule has 0 heterocycles. The van der Waals surface area contributed by atoms with E-state index in [0.29, 0.717) is 0 Å². The summed E-state index contributed by atoms with van der Waals surface area (Å²) in [6.45, 7) is -0.638. The van der Waals surface area contributed by atoms with Gasteiger partial charge >= 0.3 is 6.61 Å². The summed E-state index contributed by atoms with van der Waals surface area (Å²) in [6, 6.07) is 6.52. The van der Waals surface area contributed by atoms with Crippen LogP contribution in [0.4, 0.5) is 8.78 Å². The van der Waals surface area contributed by atoms with Crippen LogP contribution in [-0.4, -0.2) is 6.61 Å². The van der Waals surface area contributed by atoms with Crippen molar-refractivity contribution < 1.29 is 13.5 Å². The van der Waals surface area contributed by atoms with Crippen LogP contribution in [0.15, 0.2) is 24.3 Å². The highest BCUT2D eigenvalue weighted by Gasteiger charge is 2.07. The molecular weight excluding hydrogens is 224 g/mol. The van der Waals surface area contributed by atoms with E-state index >= 15 is 0 Å². The smallest absolute Gasteiger partial charge is 0.387 e. The van der Waals surface area contributed by atoms with Crippen LogP contribution in [0.5, 0.6) is 5.75 Å². The lowest BCUT2D eigenvalue weighted by atomic mass is 10.0. The Labute approximate surface area is 101 Å². The lowest BCUT2D eigenvalue weighted by molar-refractivity contribution is -0.0498. The van der Waals surface area contributed by atoms with Crippen molar-refractivity contribution in [2.75, 3.05) is 0 Å². The van der Waals surface area contributed by atoms with Crippen molar-refractivity contribution in [2.45, 2.75) is 45.3 Å². The van der Waals surface area contributed by atoms with Gasteiger partial charge in [0, 0.05) is 6.04 Å². The minimum absolute atomic E-state index is 0.0258. The predicted octanol–water partition coefficient (Wildman–Crippen LogP) is 3.87. The van der Waals surface area contributed by atoms with Crippen molar-refractivity contribution in [2.24, 2.45) is 5.73 Å². The third-order valence-corrected chi connectivity index (χ3v) is 2.65. The number of nitrogens with two attached hydrogens (primary N) is 1. The Morgan fingerprint density at radius 2 is 1.82 bits per heavy atom. The number of alkyl halides is 2. The summed E-state index contributed by atoms with van der Waals surface area (Å²) in [4.78, 5) is 0. The topological polar surface area (TPSA) is 35.2 Å². The van der Waals surface area contributed by atoms with E-state index < -0.39 is 6.61 Å². The van der Waals surface area contributed by atoms with Gasteiger partial charge in [-0.2, -0.15) is 8.78 Å². The van der Waals surface area contributed by atoms with E-state index in [9.17, 15) is 8.78 Å². The molecule has 0 amide bonds. The first-order valence-corrected chi connectivity index (χ1v) is 5.93. The van der Waals surface area contributed by atoms with E-state index in [1.165, 1.54) is 18.6 Å². The van der Waals surface area contributed by atoms with Gasteiger partial charge in [-0.25, -0.2) is 0 Å². The van der Waals surface area contributed by atoms with Gasteiger partial charge in [0.1, 0.15) is 5.75 Å². The van der Waals surface area contributed by atoms with Crippen LogP contribution in [0.3, 0.4) is 0 Å². The molecule has 4 heteroatoms. The van der Waals surface area contributed by atoms with Crippen LogP contribution in [0.2, 0.25) is 0 Å². The van der Waals surface area contributed by atoms with Crippen LogP contribution in [0.1, 0.15) is 44.2 Å². The van der Waals surface area contributed by atoms with Gasteiger partial charge in [0.15, 0.2) is 0 Å². The molecule has 0 fully saturated rings. The molecule has 1 atom stereocenters. The second-order valence-corrected chi connectivity index (χ2v) is 4.05. The molecule has 2 nitrogen and oxygen atoms in total. The summed E-state index contributed by atoms with van der Waals surface area (Å²) in [7, 11) is 0. The Kier molecular flexibility index (Phi) is 5.91. The van der Waals surface area contributed by atoms with Crippen molar-refractivity contribution >= 4 is 0 Å². The fourth-order valence-corrected chi connectivity index (χ4v) is 1.68. The second kappa shape index (κ2) is 7.22. The second-order valence-electron chi connectivity index (χ2n) is 4.05. The molecule has 1 rings (SSSR count). The third-order valence-electron chi connectivity index (χ3n) is 2.65. The molecule has 1 aromatic carbocycles. The molecule has 0 aliphatic rings. The normalized spacial score (nSPS) is 12.8. The number of unbranched alkanes of at least 4 members (excludes halogenated alkanes) is 2. The fourth-order valence-electron chi connectivity index (χ4n) is 1.68. The Morgan fingerprint density at radius 3 is 2.35 bits per heavy atom. The predicted molar refractivity (Wildman–Crippen MR) is 64.1 cm³/mol. The first-order chi connectivity index (χ1) is 8.13. The van der Waals surface area contributed by atoms with Crippen LogP contribution in [0.25, 0.3) is 0 Å². The lowest BCUT2D eigenvalue weighted by Gasteiger charge is -2.12. The zero-order valence-electron chi connectivity index (χ0n) is 10.0. The van der Waals surface area contributed by atoms with Gasteiger partial charge < -0.3 is 10.5 Å². The van der Waals surface area contributed by atoms with E-state index in [0.717, 1.165) is 24.8 Å². The molecule has 96 valence electrons. The largest absolute Gasteiger partial charge is 0.435 e. The van der Waals surface area contributed by atoms with Crippen LogP contribution >= 0.6 is 0 Å². The van der Waals surface area contributed by atoms with Gasteiger partial charge in [-0.05, 0) is 24.1 Å². The number of hydrogen-bond acceptors (Lipinski definition) is 2. The molecular formula is C13H19F2NO. The van der Waals surface area contributed by atoms with Crippen molar-refractivity contribution in [1.82, 2.24) is 0 Å². The fraction of sp³-hybridized carbons (Fsp3) is 0.538. The number of halogens is 2. The van der Waals surface area contributed by atoms with Gasteiger partial charge in [0.2, 0.25) is 0 Å². The van der Waals surface area contributed by atoms with E-state index in [2.05, 4.69) is 11.7 Å². The summed E-state index contributed by atoms with van der Waals surface area (Å²) in [5.41, 5.74) is 6.96. The molecule has 0 aromatic heterocycles. The minimum atomic E-state index is -2.78. The molecule has 0 aliphatic heterocycles. The number of rotatable bonds is 7. The van der Waals surface area contributed by atoms with E-state index in [1.807, 2.05) is 0 Å². The Morgan fingerprint density at radius 1 is 1.18 bits per heavy atom. The first-order valence-electron chi connectivity index (χ1n) is 5.93. The summed E-state index contributed by atoms with van der Waals surface area (Å²) in [5, 5.41) is 0. The highest BCUT2D eigenvalue weighted by atomic mass is 19.3. The van der Waals surface area contributed by atoms with Crippen LogP contribution in [0, 0.1) is 0 Å². The molecule has 17 heavy (non-hydrogen) atoms. The van der Waals surface area contributed by atoms with Crippen LogP contribution in [-0.2, 0) is 0 Å². The molecule has 0 saturated heterocycles. The summed E-state index contributed by atoms with van der Waals surface area (Å²) < 4.78 is 28.1. The molecule has 0 spiro atoms. The highest BCUT2D eigenvalue weighted by molar-refractivity contribution is 5.29. The minimum Gasteiger partial charge on any atom is -0.435 e. The number of hydrogen-bond donors (Lipinski definition) is 1. The van der Waals surface area contributed by atoms with Crippen molar-refractivity contribution in [3.05, 3.63) is 29.8 Å². The standard InChI is InChI=1S/C13H19F2NO/c1-2-3-4-5-12(16)10-6-8-11(9-7-10)17-13(14)15/h6-9,12-13H,2-5,16H2,1H3. The van der Waals surface area contributed by atoms with Crippen molar-refractivity contribution in [3.8, 4) is 5.75 Å².